The molecule has 0 aliphatic carbocycles. The van der Waals surface area contributed by atoms with Crippen LogP contribution in [0, 0.1) is 5.82 Å². The highest BCUT2D eigenvalue weighted by Crippen LogP contribution is 2.14. The van der Waals surface area contributed by atoms with Crippen LogP contribution in [0.1, 0.15) is 11.1 Å². The van der Waals surface area contributed by atoms with E-state index >= 15 is 0 Å². The summed E-state index contributed by atoms with van der Waals surface area (Å²) >= 11 is 0. The number of amides is 1. The smallest absolute Gasteiger partial charge is 0.207 e. The maximum Gasteiger partial charge on any atom is 0.207 e. The van der Waals surface area contributed by atoms with Crippen molar-refractivity contribution in [2.75, 3.05) is 0 Å². The van der Waals surface area contributed by atoms with Gasteiger partial charge in [-0.1, -0.05) is 24.3 Å². The van der Waals surface area contributed by atoms with Crippen LogP contribution >= 0.6 is 0 Å². The van der Waals surface area contributed by atoms with E-state index in [1.54, 1.807) is 6.07 Å². The van der Waals surface area contributed by atoms with Crippen molar-refractivity contribution in [3.8, 4) is 5.75 Å². The number of ether oxygens (including phenoxy) is 1. The molecule has 0 unspecified atom stereocenters. The normalized spacial score (nSPS) is 9.95. The predicted molar refractivity (Wildman–Crippen MR) is 70.1 cm³/mol. The molecule has 1 N–H and O–H groups in total. The number of rotatable bonds is 6. The van der Waals surface area contributed by atoms with Crippen LogP contribution in [0.3, 0.4) is 0 Å². The molecule has 0 saturated carbocycles. The molecule has 2 rings (SSSR count). The number of carbonyl (C=O) groups excluding carboxylic acids is 1. The number of hydrogen-bond acceptors (Lipinski definition) is 2. The molecule has 0 aromatic heterocycles. The molecule has 4 heteroatoms. The Labute approximate surface area is 111 Å². The van der Waals surface area contributed by atoms with Gasteiger partial charge in [-0.15, -0.1) is 0 Å². The molecule has 0 aliphatic heterocycles. The highest BCUT2D eigenvalue weighted by atomic mass is 19.1. The van der Waals surface area contributed by atoms with Crippen LogP contribution in [0.4, 0.5) is 4.39 Å². The Morgan fingerprint density at radius 1 is 1.11 bits per heavy atom. The highest BCUT2D eigenvalue weighted by molar-refractivity contribution is 5.46. The number of halogens is 1. The molecule has 0 fully saturated rings. The van der Waals surface area contributed by atoms with Crippen molar-refractivity contribution >= 4 is 6.41 Å². The summed E-state index contributed by atoms with van der Waals surface area (Å²) in [7, 11) is 0. The van der Waals surface area contributed by atoms with Gasteiger partial charge in [-0.3, -0.25) is 4.79 Å². The molecule has 0 saturated heterocycles. The third kappa shape index (κ3) is 4.10. The number of carbonyl (C=O) groups is 1. The Balaban J connectivity index is 1.91. The Morgan fingerprint density at radius 2 is 1.89 bits per heavy atom. The van der Waals surface area contributed by atoms with E-state index in [0.29, 0.717) is 25.3 Å². The van der Waals surface area contributed by atoms with Crippen molar-refractivity contribution in [3.63, 3.8) is 0 Å². The van der Waals surface area contributed by atoms with Gasteiger partial charge in [0.05, 0.1) is 0 Å². The lowest BCUT2D eigenvalue weighted by Gasteiger charge is -2.07. The van der Waals surface area contributed by atoms with Gasteiger partial charge in [0.25, 0.3) is 0 Å². The monoisotopic (exact) mass is 259 g/mol. The van der Waals surface area contributed by atoms with E-state index in [2.05, 4.69) is 5.32 Å². The molecule has 0 bridgehead atoms. The fourth-order valence-electron chi connectivity index (χ4n) is 1.66. The third-order valence-electron chi connectivity index (χ3n) is 2.61. The van der Waals surface area contributed by atoms with Crippen molar-refractivity contribution in [2.45, 2.75) is 13.2 Å². The lowest BCUT2D eigenvalue weighted by Crippen LogP contribution is -2.09. The van der Waals surface area contributed by atoms with Gasteiger partial charge in [0, 0.05) is 6.54 Å². The molecule has 2 aromatic carbocycles. The lowest BCUT2D eigenvalue weighted by molar-refractivity contribution is -0.109. The van der Waals surface area contributed by atoms with Gasteiger partial charge in [0.2, 0.25) is 6.41 Å². The van der Waals surface area contributed by atoms with Crippen LogP contribution in [0.25, 0.3) is 0 Å². The van der Waals surface area contributed by atoms with Crippen LogP contribution < -0.4 is 10.1 Å². The Bertz CT molecular complexity index is 540. The molecule has 2 aromatic rings. The fourth-order valence-corrected chi connectivity index (χ4v) is 1.66. The summed E-state index contributed by atoms with van der Waals surface area (Å²) in [6, 6.07) is 13.7. The van der Waals surface area contributed by atoms with Crippen LogP contribution in [0.15, 0.2) is 48.5 Å². The first-order valence-corrected chi connectivity index (χ1v) is 5.91. The molecule has 3 nitrogen and oxygen atoms in total. The minimum absolute atomic E-state index is 0.267. The molecular weight excluding hydrogens is 245 g/mol. The number of benzene rings is 2. The minimum Gasteiger partial charge on any atom is -0.489 e. The van der Waals surface area contributed by atoms with Crippen molar-refractivity contribution in [2.24, 2.45) is 0 Å². The average Bonchev–Trinajstić information content (AvgIpc) is 2.44. The lowest BCUT2D eigenvalue weighted by atomic mass is 10.2. The van der Waals surface area contributed by atoms with Crippen LogP contribution in [0.2, 0.25) is 0 Å². The Hall–Kier alpha value is -2.36. The largest absolute Gasteiger partial charge is 0.489 e. The summed E-state index contributed by atoms with van der Waals surface area (Å²) < 4.78 is 18.5. The first kappa shape index (κ1) is 13.1. The second-order valence-electron chi connectivity index (χ2n) is 4.06. The SMILES string of the molecule is O=CNCc1ccc(OCc2cccc(F)c2)cc1. The standard InChI is InChI=1S/C15H14FNO2/c16-14-3-1-2-13(8-14)10-19-15-6-4-12(5-7-15)9-17-11-18/h1-8,11H,9-10H2,(H,17,18). The van der Waals surface area contributed by atoms with E-state index < -0.39 is 0 Å². The Kier molecular flexibility index (Phi) is 4.50. The first-order valence-electron chi connectivity index (χ1n) is 5.91. The molecular formula is C15H14FNO2. The van der Waals surface area contributed by atoms with Crippen molar-refractivity contribution in [1.29, 1.82) is 0 Å². The fraction of sp³-hybridized carbons (Fsp3) is 0.133. The maximum atomic E-state index is 13.0. The van der Waals surface area contributed by atoms with Gasteiger partial charge in [-0.05, 0) is 35.4 Å². The third-order valence-corrected chi connectivity index (χ3v) is 2.61. The minimum atomic E-state index is -0.267. The molecule has 0 spiro atoms. The van der Waals surface area contributed by atoms with Crippen LogP contribution in [-0.2, 0) is 17.9 Å². The predicted octanol–water partition coefficient (Wildman–Crippen LogP) is 2.65. The molecule has 98 valence electrons. The van der Waals surface area contributed by atoms with Crippen LogP contribution in [-0.4, -0.2) is 6.41 Å². The molecule has 0 heterocycles. The average molecular weight is 259 g/mol. The van der Waals surface area contributed by atoms with Gasteiger partial charge in [0.15, 0.2) is 0 Å². The molecule has 0 radical (unpaired) electrons. The van der Waals surface area contributed by atoms with Crippen molar-refractivity contribution in [3.05, 3.63) is 65.5 Å². The molecule has 0 atom stereocenters. The highest BCUT2D eigenvalue weighted by Gasteiger charge is 1.98. The Morgan fingerprint density at radius 3 is 2.58 bits per heavy atom. The van der Waals surface area contributed by atoms with E-state index in [1.165, 1.54) is 12.1 Å². The second kappa shape index (κ2) is 6.54. The molecule has 1 amide bonds. The summed E-state index contributed by atoms with van der Waals surface area (Å²) in [5, 5.41) is 2.59. The van der Waals surface area contributed by atoms with E-state index in [0.717, 1.165) is 11.1 Å². The van der Waals surface area contributed by atoms with E-state index in [4.69, 9.17) is 4.74 Å². The van der Waals surface area contributed by atoms with Gasteiger partial charge < -0.3 is 10.1 Å². The summed E-state index contributed by atoms with van der Waals surface area (Å²) in [5.74, 6) is 0.440. The van der Waals surface area contributed by atoms with E-state index in [-0.39, 0.29) is 5.82 Å². The summed E-state index contributed by atoms with van der Waals surface area (Å²) in [6.45, 7) is 0.817. The zero-order chi connectivity index (χ0) is 13.5. The maximum absolute atomic E-state index is 13.0. The molecule has 19 heavy (non-hydrogen) atoms. The first-order chi connectivity index (χ1) is 9.28. The zero-order valence-corrected chi connectivity index (χ0v) is 10.3. The van der Waals surface area contributed by atoms with Gasteiger partial charge in [-0.25, -0.2) is 4.39 Å². The van der Waals surface area contributed by atoms with Gasteiger partial charge in [0.1, 0.15) is 18.2 Å². The number of nitrogens with one attached hydrogen (secondary N) is 1. The summed E-state index contributed by atoms with van der Waals surface area (Å²) in [5.41, 5.74) is 1.77. The zero-order valence-electron chi connectivity index (χ0n) is 10.3. The van der Waals surface area contributed by atoms with Crippen molar-refractivity contribution in [1.82, 2.24) is 5.32 Å². The quantitative estimate of drug-likeness (QED) is 0.810. The van der Waals surface area contributed by atoms with E-state index in [1.807, 2.05) is 30.3 Å². The topological polar surface area (TPSA) is 38.3 Å². The van der Waals surface area contributed by atoms with E-state index in [9.17, 15) is 9.18 Å². The second-order valence-corrected chi connectivity index (χ2v) is 4.06. The molecule has 0 aliphatic rings. The summed E-state index contributed by atoms with van der Waals surface area (Å²) in [6.07, 6.45) is 0.661. The van der Waals surface area contributed by atoms with Crippen LogP contribution in [0.5, 0.6) is 5.75 Å². The van der Waals surface area contributed by atoms with Crippen molar-refractivity contribution < 1.29 is 13.9 Å². The van der Waals surface area contributed by atoms with Gasteiger partial charge >= 0.3 is 0 Å². The van der Waals surface area contributed by atoms with Gasteiger partial charge in [-0.2, -0.15) is 0 Å². The number of hydrogen-bond donors (Lipinski definition) is 1. The summed E-state index contributed by atoms with van der Waals surface area (Å²) in [4.78, 5) is 10.2.